The predicted molar refractivity (Wildman–Crippen MR) is 85.3 cm³/mol. The van der Waals surface area contributed by atoms with Crippen LogP contribution in [-0.2, 0) is 9.84 Å². The Labute approximate surface area is 126 Å². The molecule has 0 unspecified atom stereocenters. The van der Waals surface area contributed by atoms with Gasteiger partial charge in [0, 0.05) is 10.9 Å². The fraction of sp³-hybridized carbons (Fsp3) is 0.500. The van der Waals surface area contributed by atoms with E-state index in [-0.39, 0.29) is 17.5 Å². The molecule has 0 saturated carbocycles. The second kappa shape index (κ2) is 5.39. The van der Waals surface area contributed by atoms with E-state index in [1.807, 2.05) is 13.0 Å². The summed E-state index contributed by atoms with van der Waals surface area (Å²) in [6.45, 7) is 2.01. The molecule has 0 aromatic carbocycles. The van der Waals surface area contributed by atoms with Gasteiger partial charge >= 0.3 is 0 Å². The van der Waals surface area contributed by atoms with Gasteiger partial charge in [0.25, 0.3) is 0 Å². The highest BCUT2D eigenvalue weighted by Gasteiger charge is 2.24. The average molecular weight is 327 g/mol. The van der Waals surface area contributed by atoms with Crippen LogP contribution in [0.1, 0.15) is 17.7 Å². The number of aromatic nitrogens is 2. The van der Waals surface area contributed by atoms with Crippen LogP contribution in [0.3, 0.4) is 0 Å². The van der Waals surface area contributed by atoms with Gasteiger partial charge in [-0.1, -0.05) is 0 Å². The van der Waals surface area contributed by atoms with E-state index in [9.17, 15) is 8.42 Å². The van der Waals surface area contributed by atoms with Gasteiger partial charge in [0.2, 0.25) is 5.95 Å². The molecule has 9 heteroatoms. The van der Waals surface area contributed by atoms with Crippen LogP contribution < -0.4 is 16.6 Å². The van der Waals surface area contributed by atoms with Gasteiger partial charge in [0.15, 0.2) is 0 Å². The number of nitrogens with one attached hydrogen (secondary N) is 2. The second-order valence-corrected chi connectivity index (χ2v) is 8.72. The van der Waals surface area contributed by atoms with E-state index in [4.69, 9.17) is 5.84 Å². The van der Waals surface area contributed by atoms with Crippen LogP contribution in [0.25, 0.3) is 10.2 Å². The highest BCUT2D eigenvalue weighted by Crippen LogP contribution is 2.30. The molecule has 2 aromatic heterocycles. The monoisotopic (exact) mass is 327 g/mol. The molecular formula is C12H17N5O2S2. The topological polar surface area (TPSA) is 110 Å². The molecule has 1 aliphatic rings. The number of fused-ring (bicyclic) bond motifs is 1. The van der Waals surface area contributed by atoms with Gasteiger partial charge in [0.05, 0.1) is 16.9 Å². The van der Waals surface area contributed by atoms with Crippen LogP contribution in [0.5, 0.6) is 0 Å². The molecule has 4 N–H and O–H groups in total. The number of nitrogens with zero attached hydrogens (tertiary/aromatic N) is 2. The van der Waals surface area contributed by atoms with E-state index in [0.717, 1.165) is 15.1 Å². The molecule has 0 bridgehead atoms. The van der Waals surface area contributed by atoms with Gasteiger partial charge in [-0.15, -0.1) is 11.3 Å². The summed E-state index contributed by atoms with van der Waals surface area (Å²) in [7, 11) is -2.86. The molecule has 0 amide bonds. The smallest absolute Gasteiger partial charge is 0.240 e. The Morgan fingerprint density at radius 1 is 1.33 bits per heavy atom. The van der Waals surface area contributed by atoms with Gasteiger partial charge in [-0.3, -0.25) is 5.43 Å². The van der Waals surface area contributed by atoms with Gasteiger partial charge in [-0.25, -0.2) is 19.2 Å². The van der Waals surface area contributed by atoms with Crippen molar-refractivity contribution in [2.75, 3.05) is 22.2 Å². The first-order valence-corrected chi connectivity index (χ1v) is 9.32. The number of aryl methyl sites for hydroxylation is 1. The fourth-order valence-electron chi connectivity index (χ4n) is 2.44. The van der Waals surface area contributed by atoms with Crippen molar-refractivity contribution < 1.29 is 8.42 Å². The maximum absolute atomic E-state index is 11.5. The Morgan fingerprint density at radius 3 is 2.71 bits per heavy atom. The van der Waals surface area contributed by atoms with Crippen molar-refractivity contribution in [2.45, 2.75) is 25.8 Å². The standard InChI is InChI=1S/C12H17N5O2S2/c1-7-6-9-10(15-12(17-13)16-11(9)20-7)14-8-2-4-21(18,19)5-3-8/h6,8H,2-5,13H2,1H3,(H2,14,15,16,17). The Hall–Kier alpha value is -1.45. The number of nitrogens with two attached hydrogens (primary N) is 1. The number of sulfone groups is 1. The summed E-state index contributed by atoms with van der Waals surface area (Å²) in [6, 6.07) is 2.14. The molecule has 2 aromatic rings. The van der Waals surface area contributed by atoms with E-state index in [1.54, 1.807) is 11.3 Å². The molecular weight excluding hydrogens is 310 g/mol. The number of anilines is 2. The molecule has 21 heavy (non-hydrogen) atoms. The zero-order valence-electron chi connectivity index (χ0n) is 11.6. The predicted octanol–water partition coefficient (Wildman–Crippen LogP) is 1.27. The van der Waals surface area contributed by atoms with E-state index >= 15 is 0 Å². The maximum Gasteiger partial charge on any atom is 0.240 e. The summed E-state index contributed by atoms with van der Waals surface area (Å²) in [6.07, 6.45) is 1.20. The van der Waals surface area contributed by atoms with E-state index in [2.05, 4.69) is 20.7 Å². The van der Waals surface area contributed by atoms with Crippen molar-refractivity contribution in [3.8, 4) is 0 Å². The first-order valence-electron chi connectivity index (χ1n) is 6.68. The molecule has 7 nitrogen and oxygen atoms in total. The Kier molecular flexibility index (Phi) is 3.72. The quantitative estimate of drug-likeness (QED) is 0.575. The van der Waals surface area contributed by atoms with Crippen LogP contribution >= 0.6 is 11.3 Å². The van der Waals surface area contributed by atoms with Crippen molar-refractivity contribution in [3.05, 3.63) is 10.9 Å². The highest BCUT2D eigenvalue weighted by atomic mass is 32.2. The van der Waals surface area contributed by atoms with Gasteiger partial charge in [-0.2, -0.15) is 4.98 Å². The van der Waals surface area contributed by atoms with Gasteiger partial charge in [-0.05, 0) is 25.8 Å². The number of hydrazine groups is 1. The van der Waals surface area contributed by atoms with Crippen LogP contribution in [0.15, 0.2) is 6.07 Å². The first-order chi connectivity index (χ1) is 9.97. The largest absolute Gasteiger partial charge is 0.367 e. The van der Waals surface area contributed by atoms with Crippen molar-refractivity contribution in [1.29, 1.82) is 0 Å². The molecule has 0 spiro atoms. The first kappa shape index (κ1) is 14.5. The molecule has 0 atom stereocenters. The van der Waals surface area contributed by atoms with E-state index in [0.29, 0.717) is 24.6 Å². The second-order valence-electron chi connectivity index (χ2n) is 5.19. The molecule has 1 fully saturated rings. The maximum atomic E-state index is 11.5. The lowest BCUT2D eigenvalue weighted by Crippen LogP contribution is -2.32. The normalized spacial score (nSPS) is 18.8. The fourth-order valence-corrected chi connectivity index (χ4v) is 4.82. The summed E-state index contributed by atoms with van der Waals surface area (Å²) in [5, 5.41) is 4.29. The zero-order chi connectivity index (χ0) is 15.0. The third-order valence-electron chi connectivity index (χ3n) is 3.54. The van der Waals surface area contributed by atoms with Gasteiger partial charge < -0.3 is 5.32 Å². The minimum Gasteiger partial charge on any atom is -0.367 e. The lowest BCUT2D eigenvalue weighted by atomic mass is 10.1. The summed E-state index contributed by atoms with van der Waals surface area (Å²) >= 11 is 1.58. The minimum absolute atomic E-state index is 0.109. The number of hydrogen-bond acceptors (Lipinski definition) is 8. The molecule has 0 radical (unpaired) electrons. The zero-order valence-corrected chi connectivity index (χ0v) is 13.2. The molecule has 0 aliphatic carbocycles. The summed E-state index contributed by atoms with van der Waals surface area (Å²) in [5.74, 6) is 6.93. The molecule has 3 heterocycles. The van der Waals surface area contributed by atoms with Crippen LogP contribution in [0, 0.1) is 6.92 Å². The van der Waals surface area contributed by atoms with E-state index < -0.39 is 9.84 Å². The molecule has 1 aliphatic heterocycles. The number of thiophene rings is 1. The van der Waals surface area contributed by atoms with Crippen molar-refractivity contribution in [3.63, 3.8) is 0 Å². The third-order valence-corrected chi connectivity index (χ3v) is 6.20. The van der Waals surface area contributed by atoms with Crippen LogP contribution in [-0.4, -0.2) is 35.9 Å². The summed E-state index contributed by atoms with van der Waals surface area (Å²) in [5.41, 5.74) is 2.47. The lowest BCUT2D eigenvalue weighted by molar-refractivity contribution is 0.559. The summed E-state index contributed by atoms with van der Waals surface area (Å²) < 4.78 is 23.0. The Morgan fingerprint density at radius 2 is 2.05 bits per heavy atom. The van der Waals surface area contributed by atoms with Gasteiger partial charge in [0.1, 0.15) is 20.5 Å². The molecule has 1 saturated heterocycles. The number of hydrogen-bond donors (Lipinski definition) is 3. The Bertz CT molecular complexity index is 757. The third kappa shape index (κ3) is 3.09. The minimum atomic E-state index is -2.86. The molecule has 114 valence electrons. The van der Waals surface area contributed by atoms with Crippen LogP contribution in [0.2, 0.25) is 0 Å². The van der Waals surface area contributed by atoms with Crippen molar-refractivity contribution >= 4 is 43.2 Å². The average Bonchev–Trinajstić information content (AvgIpc) is 2.81. The molecule has 3 rings (SSSR count). The van der Waals surface area contributed by atoms with Crippen molar-refractivity contribution in [2.24, 2.45) is 5.84 Å². The number of rotatable bonds is 3. The van der Waals surface area contributed by atoms with E-state index in [1.165, 1.54) is 0 Å². The SMILES string of the molecule is Cc1cc2c(NC3CCS(=O)(=O)CC3)nc(NN)nc2s1. The van der Waals surface area contributed by atoms with Crippen molar-refractivity contribution in [1.82, 2.24) is 9.97 Å². The highest BCUT2D eigenvalue weighted by molar-refractivity contribution is 7.91. The number of nitrogen functional groups attached to an aromatic ring is 1. The lowest BCUT2D eigenvalue weighted by Gasteiger charge is -2.23. The Balaban J connectivity index is 1.89. The summed E-state index contributed by atoms with van der Waals surface area (Å²) in [4.78, 5) is 10.7. The van der Waals surface area contributed by atoms with Crippen LogP contribution in [0.4, 0.5) is 11.8 Å².